The molecule has 22 heavy (non-hydrogen) atoms. The summed E-state index contributed by atoms with van der Waals surface area (Å²) in [6.45, 7) is 4.58. The first kappa shape index (κ1) is 15.8. The number of nitriles is 1. The van der Waals surface area contributed by atoms with E-state index in [-0.39, 0.29) is 0 Å². The lowest BCUT2D eigenvalue weighted by molar-refractivity contribution is 0.0131. The maximum absolute atomic E-state index is 8.94. The van der Waals surface area contributed by atoms with Crippen molar-refractivity contribution in [1.29, 1.82) is 5.26 Å². The smallest absolute Gasteiger partial charge is 0.0992 e. The third kappa shape index (κ3) is 3.81. The molecule has 0 amide bonds. The van der Waals surface area contributed by atoms with Crippen molar-refractivity contribution >= 4 is 21.6 Å². The zero-order valence-corrected chi connectivity index (χ0v) is 14.2. The van der Waals surface area contributed by atoms with Crippen molar-refractivity contribution in [3.8, 4) is 6.07 Å². The van der Waals surface area contributed by atoms with E-state index >= 15 is 0 Å². The van der Waals surface area contributed by atoms with Gasteiger partial charge in [-0.15, -0.1) is 0 Å². The molecule has 0 saturated carbocycles. The van der Waals surface area contributed by atoms with Gasteiger partial charge >= 0.3 is 0 Å². The van der Waals surface area contributed by atoms with Crippen molar-refractivity contribution in [3.63, 3.8) is 0 Å². The predicted molar refractivity (Wildman–Crippen MR) is 89.0 cm³/mol. The quantitative estimate of drug-likeness (QED) is 0.821. The zero-order valence-electron chi connectivity index (χ0n) is 12.6. The standard InChI is InChI=1S/C17H21BrN2O2/c18-16-9-13(10-19)1-2-17(16)20-6-3-15(4-7-20)22-12-14-5-8-21-11-14/h1-2,9,14-15H,3-8,11-12H2. The molecule has 3 rings (SSSR count). The molecule has 0 aliphatic carbocycles. The lowest BCUT2D eigenvalue weighted by Crippen LogP contribution is -2.37. The van der Waals surface area contributed by atoms with Gasteiger partial charge in [-0.1, -0.05) is 0 Å². The Balaban J connectivity index is 1.50. The Morgan fingerprint density at radius 3 is 2.77 bits per heavy atom. The Labute approximate surface area is 140 Å². The number of halogens is 1. The van der Waals surface area contributed by atoms with E-state index in [1.54, 1.807) is 0 Å². The third-order valence-corrected chi connectivity index (χ3v) is 5.09. The average Bonchev–Trinajstić information content (AvgIpc) is 3.07. The molecule has 2 heterocycles. The second kappa shape index (κ2) is 7.45. The largest absolute Gasteiger partial charge is 0.381 e. The fraction of sp³-hybridized carbons (Fsp3) is 0.588. The van der Waals surface area contributed by atoms with Gasteiger partial charge in [0.05, 0.1) is 36.6 Å². The van der Waals surface area contributed by atoms with Crippen LogP contribution in [0.25, 0.3) is 0 Å². The van der Waals surface area contributed by atoms with Crippen LogP contribution in [0.4, 0.5) is 5.69 Å². The van der Waals surface area contributed by atoms with Crippen LogP contribution in [0.2, 0.25) is 0 Å². The maximum atomic E-state index is 8.94. The fourth-order valence-electron chi connectivity index (χ4n) is 3.08. The second-order valence-electron chi connectivity index (χ2n) is 6.03. The van der Waals surface area contributed by atoms with Crippen molar-refractivity contribution < 1.29 is 9.47 Å². The van der Waals surface area contributed by atoms with Crippen molar-refractivity contribution in [3.05, 3.63) is 28.2 Å². The van der Waals surface area contributed by atoms with Gasteiger partial charge in [0.15, 0.2) is 0 Å². The highest BCUT2D eigenvalue weighted by molar-refractivity contribution is 9.10. The molecular weight excluding hydrogens is 344 g/mol. The molecule has 5 heteroatoms. The Morgan fingerprint density at radius 2 is 2.14 bits per heavy atom. The molecule has 0 N–H and O–H groups in total. The summed E-state index contributed by atoms with van der Waals surface area (Å²) >= 11 is 3.58. The first-order valence-electron chi connectivity index (χ1n) is 7.90. The van der Waals surface area contributed by atoms with Gasteiger partial charge in [-0.2, -0.15) is 5.26 Å². The Bertz CT molecular complexity index is 544. The average molecular weight is 365 g/mol. The molecule has 0 bridgehead atoms. The highest BCUT2D eigenvalue weighted by atomic mass is 79.9. The first-order chi connectivity index (χ1) is 10.8. The number of anilines is 1. The number of rotatable bonds is 4. The Morgan fingerprint density at radius 1 is 1.32 bits per heavy atom. The van der Waals surface area contributed by atoms with E-state index in [2.05, 4.69) is 26.9 Å². The lowest BCUT2D eigenvalue weighted by atomic mass is 10.1. The molecule has 1 aromatic carbocycles. The molecule has 2 saturated heterocycles. The van der Waals surface area contributed by atoms with Gasteiger partial charge in [0.1, 0.15) is 0 Å². The minimum absolute atomic E-state index is 0.369. The topological polar surface area (TPSA) is 45.5 Å². The van der Waals surface area contributed by atoms with Crippen molar-refractivity contribution in [2.45, 2.75) is 25.4 Å². The van der Waals surface area contributed by atoms with Crippen LogP contribution in [-0.4, -0.2) is 39.0 Å². The maximum Gasteiger partial charge on any atom is 0.0992 e. The monoisotopic (exact) mass is 364 g/mol. The molecule has 4 nitrogen and oxygen atoms in total. The molecule has 2 fully saturated rings. The number of hydrogen-bond acceptors (Lipinski definition) is 4. The van der Waals surface area contributed by atoms with Crippen LogP contribution in [0.15, 0.2) is 22.7 Å². The van der Waals surface area contributed by atoms with Crippen LogP contribution in [-0.2, 0) is 9.47 Å². The predicted octanol–water partition coefficient (Wildman–Crippen LogP) is 3.34. The van der Waals surface area contributed by atoms with Gasteiger partial charge in [-0.3, -0.25) is 0 Å². The summed E-state index contributed by atoms with van der Waals surface area (Å²) < 4.78 is 12.4. The van der Waals surface area contributed by atoms with Crippen molar-refractivity contribution in [2.75, 3.05) is 37.8 Å². The molecule has 0 aromatic heterocycles. The minimum Gasteiger partial charge on any atom is -0.381 e. The van der Waals surface area contributed by atoms with Crippen LogP contribution in [0.5, 0.6) is 0 Å². The number of hydrogen-bond donors (Lipinski definition) is 0. The van der Waals surface area contributed by atoms with Crippen molar-refractivity contribution in [2.24, 2.45) is 5.92 Å². The number of ether oxygens (including phenoxy) is 2. The van der Waals surface area contributed by atoms with Gasteiger partial charge in [0, 0.05) is 30.1 Å². The molecule has 0 radical (unpaired) electrons. The minimum atomic E-state index is 0.369. The summed E-state index contributed by atoms with van der Waals surface area (Å²) in [4.78, 5) is 2.36. The molecule has 118 valence electrons. The van der Waals surface area contributed by atoms with Gasteiger partial charge in [-0.25, -0.2) is 0 Å². The van der Waals surface area contributed by atoms with E-state index in [1.165, 1.54) is 5.69 Å². The molecular formula is C17H21BrN2O2. The van der Waals surface area contributed by atoms with Gasteiger partial charge < -0.3 is 14.4 Å². The van der Waals surface area contributed by atoms with Crippen LogP contribution < -0.4 is 4.90 Å². The van der Waals surface area contributed by atoms with E-state index in [1.807, 2.05) is 18.2 Å². The van der Waals surface area contributed by atoms with E-state index in [0.29, 0.717) is 17.6 Å². The molecule has 1 unspecified atom stereocenters. The SMILES string of the molecule is N#Cc1ccc(N2CCC(OCC3CCOC3)CC2)c(Br)c1. The molecule has 1 aromatic rings. The molecule has 0 spiro atoms. The Kier molecular flexibility index (Phi) is 5.35. The van der Waals surface area contributed by atoms with Gasteiger partial charge in [0.2, 0.25) is 0 Å². The molecule has 2 aliphatic rings. The summed E-state index contributed by atoms with van der Waals surface area (Å²) in [6.07, 6.45) is 3.62. The normalized spacial score (nSPS) is 22.7. The van der Waals surface area contributed by atoms with E-state index < -0.39 is 0 Å². The van der Waals surface area contributed by atoms with Crippen LogP contribution in [0.1, 0.15) is 24.8 Å². The van der Waals surface area contributed by atoms with E-state index in [0.717, 1.165) is 56.6 Å². The highest BCUT2D eigenvalue weighted by Gasteiger charge is 2.23. The van der Waals surface area contributed by atoms with Gasteiger partial charge in [0.25, 0.3) is 0 Å². The van der Waals surface area contributed by atoms with Crippen LogP contribution in [0.3, 0.4) is 0 Å². The van der Waals surface area contributed by atoms with Gasteiger partial charge in [-0.05, 0) is 53.4 Å². The summed E-state index contributed by atoms with van der Waals surface area (Å²) in [7, 11) is 0. The molecule has 2 aliphatic heterocycles. The zero-order chi connectivity index (χ0) is 15.4. The highest BCUT2D eigenvalue weighted by Crippen LogP contribution is 2.30. The second-order valence-corrected chi connectivity index (χ2v) is 6.88. The summed E-state index contributed by atoms with van der Waals surface area (Å²) in [5.74, 6) is 0.589. The third-order valence-electron chi connectivity index (χ3n) is 4.45. The van der Waals surface area contributed by atoms with E-state index in [4.69, 9.17) is 14.7 Å². The fourth-order valence-corrected chi connectivity index (χ4v) is 3.71. The lowest BCUT2D eigenvalue weighted by Gasteiger charge is -2.34. The summed E-state index contributed by atoms with van der Waals surface area (Å²) in [5, 5.41) is 8.94. The van der Waals surface area contributed by atoms with E-state index in [9.17, 15) is 0 Å². The van der Waals surface area contributed by atoms with Crippen molar-refractivity contribution in [1.82, 2.24) is 0 Å². The molecule has 1 atom stereocenters. The Hall–Kier alpha value is -1.09. The number of benzene rings is 1. The van der Waals surface area contributed by atoms with Crippen LogP contribution in [0, 0.1) is 17.2 Å². The number of nitrogens with zero attached hydrogens (tertiary/aromatic N) is 2. The number of piperidine rings is 1. The summed E-state index contributed by atoms with van der Waals surface area (Å²) in [5.41, 5.74) is 1.86. The van der Waals surface area contributed by atoms with Crippen LogP contribution >= 0.6 is 15.9 Å². The summed E-state index contributed by atoms with van der Waals surface area (Å²) in [6, 6.07) is 7.96. The first-order valence-corrected chi connectivity index (χ1v) is 8.69.